The molecule has 0 saturated carbocycles. The number of hydrogen-bond acceptors (Lipinski definition) is 4. The summed E-state index contributed by atoms with van der Waals surface area (Å²) in [5.74, 6) is 0.674. The highest BCUT2D eigenvalue weighted by Crippen LogP contribution is 2.18. The van der Waals surface area contributed by atoms with E-state index in [0.717, 1.165) is 4.90 Å². The lowest BCUT2D eigenvalue weighted by molar-refractivity contribution is -0.895. The van der Waals surface area contributed by atoms with Gasteiger partial charge in [0, 0.05) is 10.6 Å². The molecule has 0 spiro atoms. The average molecular weight is 410 g/mol. The van der Waals surface area contributed by atoms with Gasteiger partial charge < -0.3 is 9.64 Å². The van der Waals surface area contributed by atoms with Crippen molar-refractivity contribution >= 4 is 27.4 Å². The number of halogens is 1. The van der Waals surface area contributed by atoms with Gasteiger partial charge in [0.15, 0.2) is 0 Å². The van der Waals surface area contributed by atoms with E-state index in [2.05, 4.69) is 0 Å². The molecular formula is C19H22ClN2O4S+. The van der Waals surface area contributed by atoms with E-state index >= 15 is 0 Å². The maximum atomic E-state index is 12.7. The smallest absolute Gasteiger partial charge is 0.243 e. The Hall–Kier alpha value is -1.93. The van der Waals surface area contributed by atoms with Crippen LogP contribution in [0.15, 0.2) is 53.4 Å². The van der Waals surface area contributed by atoms with Crippen LogP contribution >= 0.6 is 11.6 Å². The number of Topliss-reactive ketones (excluding diaryl/α,β-unsaturated/α-hetero) is 1. The lowest BCUT2D eigenvalue weighted by atomic mass is 10.1. The number of nitrogens with zero attached hydrogens (tertiary/aromatic N) is 1. The summed E-state index contributed by atoms with van der Waals surface area (Å²) in [6.07, 6.45) is 0. The minimum atomic E-state index is -3.53. The lowest BCUT2D eigenvalue weighted by Gasteiger charge is -2.31. The number of hydrogen-bond donors (Lipinski definition) is 1. The van der Waals surface area contributed by atoms with Crippen molar-refractivity contribution in [1.82, 2.24) is 4.31 Å². The Kier molecular flexibility index (Phi) is 6.16. The first kappa shape index (κ1) is 19.8. The van der Waals surface area contributed by atoms with E-state index in [1.54, 1.807) is 43.5 Å². The normalized spacial score (nSPS) is 16.2. The summed E-state index contributed by atoms with van der Waals surface area (Å²) >= 11 is 5.83. The Morgan fingerprint density at radius 2 is 1.81 bits per heavy atom. The third kappa shape index (κ3) is 4.68. The molecule has 2 aromatic carbocycles. The van der Waals surface area contributed by atoms with Crippen molar-refractivity contribution in [1.29, 1.82) is 0 Å². The molecule has 1 aliphatic heterocycles. The van der Waals surface area contributed by atoms with Crippen molar-refractivity contribution in [3.63, 3.8) is 0 Å². The van der Waals surface area contributed by atoms with Crippen LogP contribution in [0.3, 0.4) is 0 Å². The molecule has 0 bridgehead atoms. The van der Waals surface area contributed by atoms with Gasteiger partial charge in [0.2, 0.25) is 15.8 Å². The molecule has 8 heteroatoms. The molecule has 2 aromatic rings. The second-order valence-corrected chi connectivity index (χ2v) is 8.81. The van der Waals surface area contributed by atoms with Crippen LogP contribution in [0.1, 0.15) is 10.4 Å². The SMILES string of the molecule is COc1cccc(C(=O)C[NH+]2CCN(S(=O)(=O)c3ccc(Cl)cc3)CC2)c1. The summed E-state index contributed by atoms with van der Waals surface area (Å²) < 4.78 is 32.0. The Labute approximate surface area is 164 Å². The second kappa shape index (κ2) is 8.39. The van der Waals surface area contributed by atoms with Crippen LogP contribution in [0.2, 0.25) is 5.02 Å². The predicted molar refractivity (Wildman–Crippen MR) is 103 cm³/mol. The first-order chi connectivity index (χ1) is 12.9. The van der Waals surface area contributed by atoms with E-state index in [0.29, 0.717) is 49.1 Å². The summed E-state index contributed by atoms with van der Waals surface area (Å²) in [5.41, 5.74) is 0.609. The van der Waals surface area contributed by atoms with Crippen molar-refractivity contribution < 1.29 is 22.8 Å². The van der Waals surface area contributed by atoms with Crippen LogP contribution < -0.4 is 9.64 Å². The number of piperazine rings is 1. The van der Waals surface area contributed by atoms with Gasteiger partial charge in [-0.2, -0.15) is 4.31 Å². The minimum Gasteiger partial charge on any atom is -0.497 e. The predicted octanol–water partition coefficient (Wildman–Crippen LogP) is 1.12. The Bertz CT molecular complexity index is 908. The Morgan fingerprint density at radius 3 is 2.44 bits per heavy atom. The maximum Gasteiger partial charge on any atom is 0.243 e. The maximum absolute atomic E-state index is 12.7. The zero-order valence-electron chi connectivity index (χ0n) is 15.0. The molecule has 0 aliphatic carbocycles. The van der Waals surface area contributed by atoms with Gasteiger partial charge >= 0.3 is 0 Å². The fourth-order valence-corrected chi connectivity index (χ4v) is 4.67. The molecule has 1 saturated heterocycles. The first-order valence-electron chi connectivity index (χ1n) is 8.66. The highest BCUT2D eigenvalue weighted by Gasteiger charge is 2.31. The fourth-order valence-electron chi connectivity index (χ4n) is 3.10. The van der Waals surface area contributed by atoms with Gasteiger partial charge in [-0.3, -0.25) is 4.79 Å². The lowest BCUT2D eigenvalue weighted by Crippen LogP contribution is -3.15. The van der Waals surface area contributed by atoms with Gasteiger partial charge in [-0.25, -0.2) is 8.42 Å². The molecule has 0 aromatic heterocycles. The standard InChI is InChI=1S/C19H21ClN2O4S/c1-26-17-4-2-3-15(13-17)19(23)14-21-9-11-22(12-10-21)27(24,25)18-7-5-16(20)6-8-18/h2-8,13H,9-12,14H2,1H3/p+1. The fraction of sp³-hybridized carbons (Fsp3) is 0.316. The van der Waals surface area contributed by atoms with Gasteiger partial charge in [0.05, 0.1) is 38.2 Å². The Morgan fingerprint density at radius 1 is 1.15 bits per heavy atom. The highest BCUT2D eigenvalue weighted by atomic mass is 35.5. The zero-order chi connectivity index (χ0) is 19.4. The summed E-state index contributed by atoms with van der Waals surface area (Å²) in [4.78, 5) is 13.8. The van der Waals surface area contributed by atoms with Crippen LogP contribution in [-0.2, 0) is 10.0 Å². The van der Waals surface area contributed by atoms with Crippen molar-refractivity contribution in [2.75, 3.05) is 39.8 Å². The number of ether oxygens (including phenoxy) is 1. The van der Waals surface area contributed by atoms with Crippen molar-refractivity contribution in [3.05, 3.63) is 59.1 Å². The van der Waals surface area contributed by atoms with Crippen LogP contribution in [0.5, 0.6) is 5.75 Å². The third-order valence-electron chi connectivity index (χ3n) is 4.68. The van der Waals surface area contributed by atoms with Crippen LogP contribution in [-0.4, -0.2) is 58.3 Å². The molecule has 0 amide bonds. The largest absolute Gasteiger partial charge is 0.497 e. The molecule has 0 atom stereocenters. The minimum absolute atomic E-state index is 0.0258. The number of quaternary nitrogens is 1. The van der Waals surface area contributed by atoms with Gasteiger partial charge in [-0.15, -0.1) is 0 Å². The molecule has 27 heavy (non-hydrogen) atoms. The molecule has 0 unspecified atom stereocenters. The van der Waals surface area contributed by atoms with Gasteiger partial charge in [-0.1, -0.05) is 23.7 Å². The first-order valence-corrected chi connectivity index (χ1v) is 10.5. The highest BCUT2D eigenvalue weighted by molar-refractivity contribution is 7.89. The number of carbonyl (C=O) groups is 1. The summed E-state index contributed by atoms with van der Waals surface area (Å²) in [7, 11) is -1.97. The monoisotopic (exact) mass is 409 g/mol. The van der Waals surface area contributed by atoms with Gasteiger partial charge in [-0.05, 0) is 36.4 Å². The van der Waals surface area contributed by atoms with Gasteiger partial charge in [0.1, 0.15) is 12.3 Å². The zero-order valence-corrected chi connectivity index (χ0v) is 16.6. The Balaban J connectivity index is 1.60. The molecule has 144 valence electrons. The summed E-state index contributed by atoms with van der Waals surface area (Å²) in [6, 6.07) is 13.3. The van der Waals surface area contributed by atoms with E-state index in [1.807, 2.05) is 0 Å². The van der Waals surface area contributed by atoms with Crippen molar-refractivity contribution in [2.24, 2.45) is 0 Å². The second-order valence-electron chi connectivity index (χ2n) is 6.44. The van der Waals surface area contributed by atoms with E-state index < -0.39 is 10.0 Å². The number of nitrogens with one attached hydrogen (secondary N) is 1. The average Bonchev–Trinajstić information content (AvgIpc) is 2.69. The summed E-state index contributed by atoms with van der Waals surface area (Å²) in [6.45, 7) is 2.27. The molecule has 6 nitrogen and oxygen atoms in total. The summed E-state index contributed by atoms with van der Waals surface area (Å²) in [5, 5.41) is 0.499. The molecular weight excluding hydrogens is 388 g/mol. The van der Waals surface area contributed by atoms with Crippen LogP contribution in [0, 0.1) is 0 Å². The number of rotatable bonds is 6. The molecule has 1 heterocycles. The van der Waals surface area contributed by atoms with E-state index in [1.165, 1.54) is 16.4 Å². The number of methoxy groups -OCH3 is 1. The number of benzene rings is 2. The third-order valence-corrected chi connectivity index (χ3v) is 6.85. The number of ketones is 1. The van der Waals surface area contributed by atoms with Crippen LogP contribution in [0.25, 0.3) is 0 Å². The molecule has 1 aliphatic rings. The van der Waals surface area contributed by atoms with Crippen molar-refractivity contribution in [2.45, 2.75) is 4.90 Å². The quantitative estimate of drug-likeness (QED) is 0.726. The molecule has 3 rings (SSSR count). The number of sulfonamides is 1. The van der Waals surface area contributed by atoms with E-state index in [4.69, 9.17) is 16.3 Å². The van der Waals surface area contributed by atoms with E-state index in [-0.39, 0.29) is 10.7 Å². The molecule has 1 N–H and O–H groups in total. The molecule has 1 fully saturated rings. The molecule has 0 radical (unpaired) electrons. The number of carbonyl (C=O) groups excluding carboxylic acids is 1. The van der Waals surface area contributed by atoms with Crippen molar-refractivity contribution in [3.8, 4) is 5.75 Å². The van der Waals surface area contributed by atoms with E-state index in [9.17, 15) is 13.2 Å². The van der Waals surface area contributed by atoms with Gasteiger partial charge in [0.25, 0.3) is 0 Å². The topological polar surface area (TPSA) is 68.1 Å². The van der Waals surface area contributed by atoms with Crippen LogP contribution in [0.4, 0.5) is 0 Å².